The Kier molecular flexibility index (Phi) is 4.61. The third-order valence-electron chi connectivity index (χ3n) is 2.02. The summed E-state index contributed by atoms with van der Waals surface area (Å²) in [6.07, 6.45) is 0.924. The molecule has 0 bridgehead atoms. The molecule has 1 N–H and O–H groups in total. The van der Waals surface area contributed by atoms with E-state index >= 15 is 0 Å². The van der Waals surface area contributed by atoms with Crippen molar-refractivity contribution in [3.8, 4) is 0 Å². The fraction of sp³-hybridized carbons (Fsp3) is 0.889. The number of amides is 1. The first-order valence-electron chi connectivity index (χ1n) is 4.31. The van der Waals surface area contributed by atoms with Gasteiger partial charge >= 0.3 is 0 Å². The Labute approximate surface area is 79.7 Å². The second-order valence-electron chi connectivity index (χ2n) is 3.78. The van der Waals surface area contributed by atoms with Gasteiger partial charge in [-0.3, -0.25) is 4.79 Å². The highest BCUT2D eigenvalue weighted by molar-refractivity contribution is 6.19. The first-order chi connectivity index (χ1) is 5.43. The predicted octanol–water partition coefficient (Wildman–Crippen LogP) is 2.17. The van der Waals surface area contributed by atoms with E-state index in [0.717, 1.165) is 6.42 Å². The molecule has 0 radical (unpaired) electrons. The SMILES string of the molecule is CCC(C)(C)NC(=O)C(C)CCl. The lowest BCUT2D eigenvalue weighted by Gasteiger charge is -2.25. The number of nitrogens with one attached hydrogen (secondary N) is 1. The van der Waals surface area contributed by atoms with Crippen LogP contribution in [0.25, 0.3) is 0 Å². The van der Waals surface area contributed by atoms with Crippen LogP contribution in [-0.2, 0) is 4.79 Å². The topological polar surface area (TPSA) is 29.1 Å². The van der Waals surface area contributed by atoms with E-state index in [4.69, 9.17) is 11.6 Å². The summed E-state index contributed by atoms with van der Waals surface area (Å²) in [4.78, 5) is 11.4. The highest BCUT2D eigenvalue weighted by Crippen LogP contribution is 2.09. The van der Waals surface area contributed by atoms with E-state index in [2.05, 4.69) is 5.32 Å². The van der Waals surface area contributed by atoms with Gasteiger partial charge in [0.15, 0.2) is 0 Å². The van der Waals surface area contributed by atoms with Crippen LogP contribution in [0, 0.1) is 5.92 Å². The Hall–Kier alpha value is -0.240. The fourth-order valence-electron chi connectivity index (χ4n) is 0.615. The van der Waals surface area contributed by atoms with Crippen molar-refractivity contribution in [1.29, 1.82) is 0 Å². The van der Waals surface area contributed by atoms with Crippen LogP contribution in [0.15, 0.2) is 0 Å². The summed E-state index contributed by atoms with van der Waals surface area (Å²) in [5.41, 5.74) is -0.114. The molecule has 0 saturated heterocycles. The van der Waals surface area contributed by atoms with Crippen LogP contribution in [0.3, 0.4) is 0 Å². The van der Waals surface area contributed by atoms with Crippen molar-refractivity contribution in [2.24, 2.45) is 5.92 Å². The summed E-state index contributed by atoms with van der Waals surface area (Å²) in [5, 5.41) is 2.93. The normalized spacial score (nSPS) is 14.1. The molecule has 0 aliphatic rings. The molecule has 72 valence electrons. The van der Waals surface area contributed by atoms with Gasteiger partial charge in [0.2, 0.25) is 5.91 Å². The second-order valence-corrected chi connectivity index (χ2v) is 4.09. The van der Waals surface area contributed by atoms with Crippen LogP contribution < -0.4 is 5.32 Å². The van der Waals surface area contributed by atoms with Crippen molar-refractivity contribution in [3.63, 3.8) is 0 Å². The first kappa shape index (κ1) is 11.8. The number of hydrogen-bond acceptors (Lipinski definition) is 1. The molecule has 1 unspecified atom stereocenters. The molecular weight excluding hydrogens is 174 g/mol. The van der Waals surface area contributed by atoms with E-state index < -0.39 is 0 Å². The van der Waals surface area contributed by atoms with E-state index in [0.29, 0.717) is 5.88 Å². The Morgan fingerprint density at radius 1 is 1.58 bits per heavy atom. The van der Waals surface area contributed by atoms with Crippen molar-refractivity contribution >= 4 is 17.5 Å². The van der Waals surface area contributed by atoms with Gasteiger partial charge in [0.1, 0.15) is 0 Å². The summed E-state index contributed by atoms with van der Waals surface area (Å²) in [6, 6.07) is 0. The quantitative estimate of drug-likeness (QED) is 0.679. The largest absolute Gasteiger partial charge is 0.351 e. The molecule has 0 aliphatic heterocycles. The van der Waals surface area contributed by atoms with Gasteiger partial charge in [-0.15, -0.1) is 11.6 Å². The van der Waals surface area contributed by atoms with E-state index in [1.807, 2.05) is 27.7 Å². The maximum Gasteiger partial charge on any atom is 0.224 e. The molecule has 0 rings (SSSR count). The standard InChI is InChI=1S/C9H18ClNO/c1-5-9(3,4)11-8(12)7(2)6-10/h7H,5-6H2,1-4H3,(H,11,12). The third-order valence-corrected chi connectivity index (χ3v) is 2.49. The Morgan fingerprint density at radius 3 is 2.42 bits per heavy atom. The molecule has 12 heavy (non-hydrogen) atoms. The van der Waals surface area contributed by atoms with E-state index in [1.54, 1.807) is 0 Å². The Bertz CT molecular complexity index is 157. The molecule has 0 aromatic carbocycles. The molecule has 3 heteroatoms. The lowest BCUT2D eigenvalue weighted by Crippen LogP contribution is -2.45. The molecule has 1 amide bonds. The molecule has 0 aromatic heterocycles. The molecule has 0 aliphatic carbocycles. The first-order valence-corrected chi connectivity index (χ1v) is 4.84. The number of hydrogen-bond donors (Lipinski definition) is 1. The van der Waals surface area contributed by atoms with Gasteiger partial charge in [-0.1, -0.05) is 13.8 Å². The van der Waals surface area contributed by atoms with Crippen LogP contribution in [0.1, 0.15) is 34.1 Å². The highest BCUT2D eigenvalue weighted by Gasteiger charge is 2.20. The van der Waals surface area contributed by atoms with Crippen molar-refractivity contribution < 1.29 is 4.79 Å². The number of rotatable bonds is 4. The zero-order valence-corrected chi connectivity index (χ0v) is 9.03. The van der Waals surface area contributed by atoms with Crippen LogP contribution in [0.4, 0.5) is 0 Å². The molecule has 0 saturated carbocycles. The van der Waals surface area contributed by atoms with Gasteiger partial charge in [0.05, 0.1) is 0 Å². The maximum atomic E-state index is 11.4. The van der Waals surface area contributed by atoms with E-state index in [1.165, 1.54) is 0 Å². The van der Waals surface area contributed by atoms with Crippen molar-refractivity contribution in [1.82, 2.24) is 5.32 Å². The van der Waals surface area contributed by atoms with Gasteiger partial charge in [-0.2, -0.15) is 0 Å². The molecule has 0 heterocycles. The minimum absolute atomic E-state index is 0.0388. The third kappa shape index (κ3) is 3.96. The zero-order valence-electron chi connectivity index (χ0n) is 8.28. The molecule has 0 fully saturated rings. The maximum absolute atomic E-state index is 11.4. The lowest BCUT2D eigenvalue weighted by molar-refractivity contribution is -0.125. The van der Waals surface area contributed by atoms with Crippen LogP contribution in [-0.4, -0.2) is 17.3 Å². The number of carbonyl (C=O) groups is 1. The minimum atomic E-state index is -0.114. The molecule has 1 atom stereocenters. The number of carbonyl (C=O) groups excluding carboxylic acids is 1. The average Bonchev–Trinajstić information content (AvgIpc) is 2.02. The average molecular weight is 192 g/mol. The summed E-state index contributed by atoms with van der Waals surface area (Å²) in [7, 11) is 0. The minimum Gasteiger partial charge on any atom is -0.351 e. The fourth-order valence-corrected chi connectivity index (χ4v) is 0.755. The van der Waals surface area contributed by atoms with Crippen molar-refractivity contribution in [3.05, 3.63) is 0 Å². The summed E-state index contributed by atoms with van der Waals surface area (Å²) >= 11 is 5.56. The van der Waals surface area contributed by atoms with E-state index in [-0.39, 0.29) is 17.4 Å². The smallest absolute Gasteiger partial charge is 0.224 e. The van der Waals surface area contributed by atoms with Gasteiger partial charge in [-0.05, 0) is 20.3 Å². The van der Waals surface area contributed by atoms with Gasteiger partial charge in [0.25, 0.3) is 0 Å². The van der Waals surface area contributed by atoms with Crippen LogP contribution in [0.2, 0.25) is 0 Å². The highest BCUT2D eigenvalue weighted by atomic mass is 35.5. The molecule has 0 spiro atoms. The Morgan fingerprint density at radius 2 is 2.08 bits per heavy atom. The second kappa shape index (κ2) is 4.70. The summed E-state index contributed by atoms with van der Waals surface area (Å²) < 4.78 is 0. The number of halogens is 1. The Balaban J connectivity index is 4.00. The zero-order chi connectivity index (χ0) is 9.78. The predicted molar refractivity (Wildman–Crippen MR) is 52.4 cm³/mol. The van der Waals surface area contributed by atoms with Crippen LogP contribution in [0.5, 0.6) is 0 Å². The monoisotopic (exact) mass is 191 g/mol. The number of alkyl halides is 1. The lowest BCUT2D eigenvalue weighted by atomic mass is 10.0. The van der Waals surface area contributed by atoms with Crippen molar-refractivity contribution in [2.75, 3.05) is 5.88 Å². The van der Waals surface area contributed by atoms with Crippen LogP contribution >= 0.6 is 11.6 Å². The molecule has 0 aromatic rings. The van der Waals surface area contributed by atoms with E-state index in [9.17, 15) is 4.79 Å². The molecular formula is C9H18ClNO. The van der Waals surface area contributed by atoms with Gasteiger partial charge < -0.3 is 5.32 Å². The van der Waals surface area contributed by atoms with Crippen molar-refractivity contribution in [2.45, 2.75) is 39.7 Å². The van der Waals surface area contributed by atoms with Gasteiger partial charge in [-0.25, -0.2) is 0 Å². The summed E-state index contributed by atoms with van der Waals surface area (Å²) in [5.74, 6) is 0.320. The van der Waals surface area contributed by atoms with Gasteiger partial charge in [0, 0.05) is 17.3 Å². The summed E-state index contributed by atoms with van der Waals surface area (Å²) in [6.45, 7) is 7.89. The molecule has 2 nitrogen and oxygen atoms in total.